The molecule has 3 nitrogen and oxygen atoms in total. The van der Waals surface area contributed by atoms with Crippen LogP contribution in [0.1, 0.15) is 15.9 Å². The molecule has 5 heteroatoms. The van der Waals surface area contributed by atoms with Gasteiger partial charge in [0.25, 0.3) is 0 Å². The first-order valence-electron chi connectivity index (χ1n) is 5.20. The van der Waals surface area contributed by atoms with Crippen LogP contribution in [0.15, 0.2) is 46.5 Å². The Morgan fingerprint density at radius 3 is 2.72 bits per heavy atom. The zero-order valence-electron chi connectivity index (χ0n) is 9.55. The van der Waals surface area contributed by atoms with Crippen LogP contribution in [0.25, 0.3) is 0 Å². The Balaban J connectivity index is 2.39. The summed E-state index contributed by atoms with van der Waals surface area (Å²) in [4.78, 5) is 16.0. The van der Waals surface area contributed by atoms with Gasteiger partial charge in [0.2, 0.25) is 0 Å². The molecule has 2 rings (SSSR count). The van der Waals surface area contributed by atoms with Gasteiger partial charge in [0.05, 0.1) is 10.6 Å². The van der Waals surface area contributed by atoms with Gasteiger partial charge in [-0.2, -0.15) is 0 Å². The average Bonchev–Trinajstić information content (AvgIpc) is 2.34. The number of hydrogen-bond donors (Lipinski definition) is 1. The number of aromatic nitrogens is 1. The Morgan fingerprint density at radius 1 is 1.33 bits per heavy atom. The molecule has 0 fully saturated rings. The lowest BCUT2D eigenvalue weighted by Crippen LogP contribution is -2.00. The minimum Gasteiger partial charge on any atom is -0.478 e. The maximum atomic E-state index is 11.2. The first-order chi connectivity index (χ1) is 8.58. The summed E-state index contributed by atoms with van der Waals surface area (Å²) < 4.78 is 0. The van der Waals surface area contributed by atoms with E-state index in [1.54, 1.807) is 30.5 Å². The molecule has 0 saturated carbocycles. The first-order valence-corrected chi connectivity index (χ1v) is 6.39. The fraction of sp³-hybridized carbons (Fsp3) is 0.0769. The van der Waals surface area contributed by atoms with E-state index in [0.29, 0.717) is 9.92 Å². The Morgan fingerprint density at radius 2 is 2.11 bits per heavy atom. The lowest BCUT2D eigenvalue weighted by atomic mass is 10.1. The lowest BCUT2D eigenvalue weighted by Gasteiger charge is -2.08. The third-order valence-electron chi connectivity index (χ3n) is 2.35. The van der Waals surface area contributed by atoms with Crippen molar-refractivity contribution < 1.29 is 9.90 Å². The van der Waals surface area contributed by atoms with Crippen molar-refractivity contribution in [3.63, 3.8) is 0 Å². The molecule has 0 aliphatic carbocycles. The molecule has 0 unspecified atom stereocenters. The third-order valence-corrected chi connectivity index (χ3v) is 3.77. The van der Waals surface area contributed by atoms with Gasteiger partial charge in [0.1, 0.15) is 5.03 Å². The summed E-state index contributed by atoms with van der Waals surface area (Å²) in [6, 6.07) is 8.71. The van der Waals surface area contributed by atoms with Gasteiger partial charge >= 0.3 is 5.97 Å². The van der Waals surface area contributed by atoms with E-state index >= 15 is 0 Å². The predicted molar refractivity (Wildman–Crippen MR) is 71.5 cm³/mol. The molecule has 18 heavy (non-hydrogen) atoms. The number of carboxylic acids is 1. The zero-order chi connectivity index (χ0) is 13.1. The number of carbonyl (C=O) groups is 1. The standard InChI is InChI=1S/C13H10ClNO2S/c1-8-3-2-4-10(13(16)17)12(8)18-11-6-5-9(14)7-15-11/h2-7H,1H3,(H,16,17). The van der Waals surface area contributed by atoms with Crippen molar-refractivity contribution >= 4 is 29.3 Å². The van der Waals surface area contributed by atoms with Crippen LogP contribution < -0.4 is 0 Å². The quantitative estimate of drug-likeness (QED) is 0.926. The topological polar surface area (TPSA) is 50.2 Å². The van der Waals surface area contributed by atoms with Gasteiger partial charge in [0.15, 0.2) is 0 Å². The highest BCUT2D eigenvalue weighted by Crippen LogP contribution is 2.32. The van der Waals surface area contributed by atoms with Crippen LogP contribution in [0.4, 0.5) is 0 Å². The van der Waals surface area contributed by atoms with Crippen LogP contribution >= 0.6 is 23.4 Å². The van der Waals surface area contributed by atoms with Gasteiger partial charge in [-0.3, -0.25) is 0 Å². The van der Waals surface area contributed by atoms with Crippen LogP contribution in [-0.2, 0) is 0 Å². The second-order valence-electron chi connectivity index (χ2n) is 3.67. The van der Waals surface area contributed by atoms with E-state index in [0.717, 1.165) is 10.6 Å². The normalized spacial score (nSPS) is 10.3. The highest BCUT2D eigenvalue weighted by atomic mass is 35.5. The minimum atomic E-state index is -0.935. The smallest absolute Gasteiger partial charge is 0.336 e. The van der Waals surface area contributed by atoms with Gasteiger partial charge < -0.3 is 5.11 Å². The first kappa shape index (κ1) is 12.9. The minimum absolute atomic E-state index is 0.289. The SMILES string of the molecule is Cc1cccc(C(=O)O)c1Sc1ccc(Cl)cn1. The van der Waals surface area contributed by atoms with Crippen LogP contribution in [-0.4, -0.2) is 16.1 Å². The van der Waals surface area contributed by atoms with E-state index in [2.05, 4.69) is 4.98 Å². The van der Waals surface area contributed by atoms with Crippen molar-refractivity contribution in [1.29, 1.82) is 0 Å². The highest BCUT2D eigenvalue weighted by Gasteiger charge is 2.13. The number of aromatic carboxylic acids is 1. The van der Waals surface area contributed by atoms with E-state index < -0.39 is 5.97 Å². The molecule has 0 bridgehead atoms. The fourth-order valence-electron chi connectivity index (χ4n) is 1.48. The summed E-state index contributed by atoms with van der Waals surface area (Å²) in [5.41, 5.74) is 1.20. The summed E-state index contributed by atoms with van der Waals surface area (Å²) in [5.74, 6) is -0.935. The summed E-state index contributed by atoms with van der Waals surface area (Å²) >= 11 is 7.09. The summed E-state index contributed by atoms with van der Waals surface area (Å²) in [5, 5.41) is 10.4. The predicted octanol–water partition coefficient (Wildman–Crippen LogP) is 3.89. The number of rotatable bonds is 3. The Kier molecular flexibility index (Phi) is 3.89. The summed E-state index contributed by atoms with van der Waals surface area (Å²) in [6.45, 7) is 1.88. The molecule has 0 atom stereocenters. The van der Waals surface area contributed by atoms with Gasteiger partial charge in [0, 0.05) is 11.1 Å². The molecule has 1 aromatic carbocycles. The summed E-state index contributed by atoms with van der Waals surface area (Å²) in [7, 11) is 0. The van der Waals surface area contributed by atoms with Crippen molar-refractivity contribution in [2.45, 2.75) is 16.8 Å². The van der Waals surface area contributed by atoms with Crippen molar-refractivity contribution in [1.82, 2.24) is 4.98 Å². The van der Waals surface area contributed by atoms with Gasteiger partial charge in [-0.05, 0) is 30.7 Å². The Bertz CT molecular complexity index is 584. The zero-order valence-corrected chi connectivity index (χ0v) is 11.1. The molecule has 1 aromatic heterocycles. The molecule has 92 valence electrons. The molecule has 0 aliphatic heterocycles. The average molecular weight is 280 g/mol. The van der Waals surface area contributed by atoms with Crippen molar-refractivity contribution in [3.8, 4) is 0 Å². The van der Waals surface area contributed by atoms with Crippen molar-refractivity contribution in [3.05, 3.63) is 52.7 Å². The second-order valence-corrected chi connectivity index (χ2v) is 5.14. The monoisotopic (exact) mass is 279 g/mol. The van der Waals surface area contributed by atoms with Crippen molar-refractivity contribution in [2.75, 3.05) is 0 Å². The Hall–Kier alpha value is -1.52. The van der Waals surface area contributed by atoms with Crippen LogP contribution in [0.5, 0.6) is 0 Å². The maximum Gasteiger partial charge on any atom is 0.336 e. The van der Waals surface area contributed by atoms with Crippen molar-refractivity contribution in [2.24, 2.45) is 0 Å². The molecule has 1 heterocycles. The second kappa shape index (κ2) is 5.42. The molecule has 0 amide bonds. The van der Waals surface area contributed by atoms with Crippen LogP contribution in [0, 0.1) is 6.92 Å². The molecular formula is C13H10ClNO2S. The highest BCUT2D eigenvalue weighted by molar-refractivity contribution is 7.99. The molecule has 0 radical (unpaired) electrons. The van der Waals surface area contributed by atoms with Gasteiger partial charge in [-0.25, -0.2) is 9.78 Å². The van der Waals surface area contributed by atoms with Crippen LogP contribution in [0.3, 0.4) is 0 Å². The molecule has 0 aliphatic rings. The number of carboxylic acid groups (broad SMARTS) is 1. The number of pyridine rings is 1. The maximum absolute atomic E-state index is 11.2. The largest absolute Gasteiger partial charge is 0.478 e. The van der Waals surface area contributed by atoms with Gasteiger partial charge in [-0.15, -0.1) is 0 Å². The molecule has 0 saturated heterocycles. The number of halogens is 1. The number of hydrogen-bond acceptors (Lipinski definition) is 3. The molecular weight excluding hydrogens is 270 g/mol. The fourth-order valence-corrected chi connectivity index (χ4v) is 2.54. The van der Waals surface area contributed by atoms with E-state index in [1.165, 1.54) is 11.8 Å². The lowest BCUT2D eigenvalue weighted by molar-refractivity contribution is 0.0693. The van der Waals surface area contributed by atoms with E-state index in [1.807, 2.05) is 13.0 Å². The van der Waals surface area contributed by atoms with Crippen LogP contribution in [0.2, 0.25) is 5.02 Å². The summed E-state index contributed by atoms with van der Waals surface area (Å²) in [6.07, 6.45) is 1.54. The van der Waals surface area contributed by atoms with Gasteiger partial charge in [-0.1, -0.05) is 35.5 Å². The van der Waals surface area contributed by atoms with E-state index in [-0.39, 0.29) is 5.56 Å². The third kappa shape index (κ3) is 2.83. The van der Waals surface area contributed by atoms with E-state index in [9.17, 15) is 4.79 Å². The molecule has 1 N–H and O–H groups in total. The number of nitrogens with zero attached hydrogens (tertiary/aromatic N) is 1. The van der Waals surface area contributed by atoms with E-state index in [4.69, 9.17) is 16.7 Å². The number of aryl methyl sites for hydroxylation is 1. The Labute approximate surface area is 114 Å². The molecule has 0 spiro atoms. The molecule has 2 aromatic rings. The number of benzene rings is 1.